The maximum atomic E-state index is 3.94. The van der Waals surface area contributed by atoms with Crippen LogP contribution in [0.1, 0.15) is 58.8 Å². The van der Waals surface area contributed by atoms with Crippen molar-refractivity contribution in [3.8, 4) is 0 Å². The summed E-state index contributed by atoms with van der Waals surface area (Å²) in [6.07, 6.45) is 12.2. The van der Waals surface area contributed by atoms with Crippen LogP contribution in [0.15, 0.2) is 11.6 Å². The summed E-state index contributed by atoms with van der Waals surface area (Å²) in [6.45, 7) is 8.58. The van der Waals surface area contributed by atoms with Crippen LogP contribution in [0.2, 0.25) is 0 Å². The van der Waals surface area contributed by atoms with Gasteiger partial charge in [0.25, 0.3) is 0 Å². The van der Waals surface area contributed by atoms with E-state index in [9.17, 15) is 0 Å². The Morgan fingerprint density at radius 2 is 1.95 bits per heavy atom. The van der Waals surface area contributed by atoms with E-state index in [1.165, 1.54) is 64.6 Å². The highest BCUT2D eigenvalue weighted by atomic mass is 15.2. The number of nitrogens with zero attached hydrogens (tertiary/aromatic N) is 1. The van der Waals surface area contributed by atoms with Crippen molar-refractivity contribution in [1.82, 2.24) is 10.2 Å². The molecule has 3 rings (SSSR count). The maximum Gasteiger partial charge on any atom is 0.0148 e. The van der Waals surface area contributed by atoms with Gasteiger partial charge in [-0.25, -0.2) is 0 Å². The lowest BCUT2D eigenvalue weighted by molar-refractivity contribution is 0.0300. The third-order valence-electron chi connectivity index (χ3n) is 5.80. The van der Waals surface area contributed by atoms with E-state index in [0.29, 0.717) is 0 Å². The fourth-order valence-electron chi connectivity index (χ4n) is 4.59. The van der Waals surface area contributed by atoms with Crippen LogP contribution in [0.4, 0.5) is 0 Å². The molecule has 0 aromatic carbocycles. The predicted octanol–water partition coefficient (Wildman–Crippen LogP) is 3.59. The molecule has 2 atom stereocenters. The molecule has 2 unspecified atom stereocenters. The van der Waals surface area contributed by atoms with Crippen molar-refractivity contribution < 1.29 is 0 Å². The number of piperidine rings is 1. The summed E-state index contributed by atoms with van der Waals surface area (Å²) < 4.78 is 0. The lowest BCUT2D eigenvalue weighted by Gasteiger charge is -2.49. The van der Waals surface area contributed by atoms with Gasteiger partial charge in [0.15, 0.2) is 0 Å². The van der Waals surface area contributed by atoms with E-state index >= 15 is 0 Å². The molecular formula is C18H32N2. The molecular weight excluding hydrogens is 244 g/mol. The van der Waals surface area contributed by atoms with Gasteiger partial charge >= 0.3 is 0 Å². The molecule has 1 aliphatic heterocycles. The Bertz CT molecular complexity index is 333. The van der Waals surface area contributed by atoms with Gasteiger partial charge in [-0.15, -0.1) is 0 Å². The minimum absolute atomic E-state index is 0.725. The van der Waals surface area contributed by atoms with Crippen LogP contribution in [0.5, 0.6) is 0 Å². The number of hydrogen-bond donors (Lipinski definition) is 1. The zero-order chi connectivity index (χ0) is 13.9. The van der Waals surface area contributed by atoms with Crippen molar-refractivity contribution >= 4 is 0 Å². The molecule has 1 heterocycles. The van der Waals surface area contributed by atoms with Gasteiger partial charge in [0.05, 0.1) is 0 Å². The predicted molar refractivity (Wildman–Crippen MR) is 85.9 cm³/mol. The molecule has 2 fully saturated rings. The summed E-state index contributed by atoms with van der Waals surface area (Å²) in [7, 11) is 0. The second-order valence-corrected chi connectivity index (χ2v) is 7.48. The van der Waals surface area contributed by atoms with Crippen molar-refractivity contribution in [2.75, 3.05) is 19.6 Å². The minimum atomic E-state index is 0.725. The average molecular weight is 276 g/mol. The Hall–Kier alpha value is -0.340. The molecule has 0 radical (unpaired) electrons. The first kappa shape index (κ1) is 14.6. The van der Waals surface area contributed by atoms with Gasteiger partial charge in [-0.05, 0) is 70.8 Å². The molecule has 114 valence electrons. The van der Waals surface area contributed by atoms with Gasteiger partial charge < -0.3 is 10.2 Å². The highest BCUT2D eigenvalue weighted by molar-refractivity contribution is 5.08. The molecule has 20 heavy (non-hydrogen) atoms. The highest BCUT2D eigenvalue weighted by Crippen LogP contribution is 2.35. The first-order valence-electron chi connectivity index (χ1n) is 8.89. The first-order chi connectivity index (χ1) is 9.74. The molecule has 0 spiro atoms. The van der Waals surface area contributed by atoms with Crippen LogP contribution in [-0.2, 0) is 0 Å². The van der Waals surface area contributed by atoms with E-state index in [-0.39, 0.29) is 0 Å². The van der Waals surface area contributed by atoms with E-state index in [1.807, 2.05) is 0 Å². The van der Waals surface area contributed by atoms with Crippen LogP contribution in [0.3, 0.4) is 0 Å². The number of allylic oxidation sites excluding steroid dienone is 1. The largest absolute Gasteiger partial charge is 0.313 e. The monoisotopic (exact) mass is 276 g/mol. The number of nitrogens with one attached hydrogen (secondary N) is 1. The number of likely N-dealkylation sites (tertiary alicyclic amines) is 1. The van der Waals surface area contributed by atoms with Crippen LogP contribution in [-0.4, -0.2) is 36.6 Å². The quantitative estimate of drug-likeness (QED) is 0.772. The molecule has 1 saturated heterocycles. The number of rotatable bonds is 5. The lowest BCUT2D eigenvalue weighted by atomic mass is 9.73. The molecule has 0 aromatic heterocycles. The fraction of sp³-hybridized carbons (Fsp3) is 0.889. The van der Waals surface area contributed by atoms with Gasteiger partial charge in [-0.3, -0.25) is 0 Å². The third-order valence-corrected chi connectivity index (χ3v) is 5.80. The molecule has 2 nitrogen and oxygen atoms in total. The van der Waals surface area contributed by atoms with Crippen LogP contribution in [0, 0.1) is 11.8 Å². The van der Waals surface area contributed by atoms with E-state index < -0.39 is 0 Å². The van der Waals surface area contributed by atoms with Crippen LogP contribution < -0.4 is 5.32 Å². The normalized spacial score (nSPS) is 34.5. The topological polar surface area (TPSA) is 15.3 Å². The summed E-state index contributed by atoms with van der Waals surface area (Å²) in [6, 6.07) is 1.53. The summed E-state index contributed by atoms with van der Waals surface area (Å²) in [5.41, 5.74) is 1.71. The van der Waals surface area contributed by atoms with Crippen LogP contribution >= 0.6 is 0 Å². The minimum Gasteiger partial charge on any atom is -0.313 e. The smallest absolute Gasteiger partial charge is 0.0148 e. The zero-order valence-corrected chi connectivity index (χ0v) is 13.4. The van der Waals surface area contributed by atoms with Gasteiger partial charge in [-0.2, -0.15) is 0 Å². The standard InChI is InChI=1S/C18H32N2/c1-14(2)20-12-16-8-5-9-17(13-20)18(16)19-11-10-15-6-3-4-7-15/h6,14,16-19H,3-5,7-13H2,1-2H3. The Morgan fingerprint density at radius 3 is 2.55 bits per heavy atom. The van der Waals surface area contributed by atoms with E-state index in [2.05, 4.69) is 30.1 Å². The van der Waals surface area contributed by atoms with Gasteiger partial charge in [-0.1, -0.05) is 18.1 Å². The average Bonchev–Trinajstić information content (AvgIpc) is 2.91. The molecule has 3 aliphatic rings. The zero-order valence-electron chi connectivity index (χ0n) is 13.4. The van der Waals surface area contributed by atoms with Crippen molar-refractivity contribution in [2.45, 2.75) is 70.9 Å². The Balaban J connectivity index is 1.51. The molecule has 1 saturated carbocycles. The third kappa shape index (κ3) is 3.28. The Morgan fingerprint density at radius 1 is 1.20 bits per heavy atom. The van der Waals surface area contributed by atoms with Gasteiger partial charge in [0.1, 0.15) is 0 Å². The van der Waals surface area contributed by atoms with E-state index in [1.54, 1.807) is 5.57 Å². The first-order valence-corrected chi connectivity index (χ1v) is 8.89. The van der Waals surface area contributed by atoms with Crippen molar-refractivity contribution in [3.63, 3.8) is 0 Å². The van der Waals surface area contributed by atoms with Gasteiger partial charge in [0.2, 0.25) is 0 Å². The maximum absolute atomic E-state index is 3.94. The number of hydrogen-bond acceptors (Lipinski definition) is 2. The number of fused-ring (bicyclic) bond motifs is 2. The molecule has 1 N–H and O–H groups in total. The summed E-state index contributed by atoms with van der Waals surface area (Å²) in [5, 5.41) is 3.94. The highest BCUT2D eigenvalue weighted by Gasteiger charge is 2.39. The fourth-order valence-corrected chi connectivity index (χ4v) is 4.59. The second kappa shape index (κ2) is 6.62. The Labute approximate surface area is 125 Å². The summed E-state index contributed by atoms with van der Waals surface area (Å²) in [4.78, 5) is 2.71. The second-order valence-electron chi connectivity index (χ2n) is 7.48. The van der Waals surface area contributed by atoms with Crippen LogP contribution in [0.25, 0.3) is 0 Å². The van der Waals surface area contributed by atoms with E-state index in [0.717, 1.165) is 23.9 Å². The van der Waals surface area contributed by atoms with Crippen molar-refractivity contribution in [2.24, 2.45) is 11.8 Å². The lowest BCUT2D eigenvalue weighted by Crippen LogP contribution is -2.58. The van der Waals surface area contributed by atoms with Crippen molar-refractivity contribution in [3.05, 3.63) is 11.6 Å². The summed E-state index contributed by atoms with van der Waals surface area (Å²) in [5.74, 6) is 1.81. The van der Waals surface area contributed by atoms with Crippen molar-refractivity contribution in [1.29, 1.82) is 0 Å². The SMILES string of the molecule is CC(C)N1CC2CCCC(C1)C2NCCC1=CCCC1. The van der Waals surface area contributed by atoms with Gasteiger partial charge in [0, 0.05) is 25.2 Å². The molecule has 2 bridgehead atoms. The molecule has 2 heteroatoms. The molecule has 0 aromatic rings. The molecule has 2 aliphatic carbocycles. The van der Waals surface area contributed by atoms with E-state index in [4.69, 9.17) is 0 Å². The Kier molecular flexibility index (Phi) is 4.83. The summed E-state index contributed by atoms with van der Waals surface area (Å²) >= 11 is 0. The molecule has 0 amide bonds.